The van der Waals surface area contributed by atoms with E-state index in [4.69, 9.17) is 6.57 Å². The van der Waals surface area contributed by atoms with Gasteiger partial charge in [0.1, 0.15) is 0 Å². The van der Waals surface area contributed by atoms with Crippen molar-refractivity contribution in [1.82, 2.24) is 15.2 Å². The molecule has 0 radical (unpaired) electrons. The van der Waals surface area contributed by atoms with Crippen molar-refractivity contribution in [2.24, 2.45) is 0 Å². The highest BCUT2D eigenvalue weighted by molar-refractivity contribution is 6.07. The standard InChI is InChI=1S/C17H14N4O3/c1-11-4-3-9-21(14(11)22)10-17(15(23)19-16(24)20-17)12-5-7-13(18-2)8-6-12/h3-9H,10H2,1H3,(H2,19,20,23,24). The first-order valence-corrected chi connectivity index (χ1v) is 7.24. The Hall–Kier alpha value is -3.40. The SMILES string of the molecule is [C-]#[N+]c1ccc(C2(Cn3cccc(C)c3=O)NC(=O)NC2=O)cc1. The van der Waals surface area contributed by atoms with E-state index < -0.39 is 17.5 Å². The van der Waals surface area contributed by atoms with Crippen molar-refractivity contribution in [3.05, 3.63) is 75.5 Å². The zero-order chi connectivity index (χ0) is 17.3. The van der Waals surface area contributed by atoms with Crippen LogP contribution in [-0.2, 0) is 16.9 Å². The zero-order valence-corrected chi connectivity index (χ0v) is 12.9. The molecule has 1 atom stereocenters. The Kier molecular flexibility index (Phi) is 3.66. The third-order valence-corrected chi connectivity index (χ3v) is 4.05. The molecule has 7 heteroatoms. The number of hydrogen-bond acceptors (Lipinski definition) is 3. The number of aryl methyl sites for hydroxylation is 1. The molecule has 1 aromatic heterocycles. The first-order valence-electron chi connectivity index (χ1n) is 7.24. The lowest BCUT2D eigenvalue weighted by molar-refractivity contribution is -0.124. The lowest BCUT2D eigenvalue weighted by atomic mass is 9.89. The minimum Gasteiger partial charge on any atom is -0.318 e. The topological polar surface area (TPSA) is 84.6 Å². The van der Waals surface area contributed by atoms with Crippen LogP contribution in [0.1, 0.15) is 11.1 Å². The van der Waals surface area contributed by atoms with Crippen LogP contribution in [-0.4, -0.2) is 16.5 Å². The fourth-order valence-corrected chi connectivity index (χ4v) is 2.75. The molecule has 3 rings (SSSR count). The number of nitrogens with one attached hydrogen (secondary N) is 2. The summed E-state index contributed by atoms with van der Waals surface area (Å²) in [5, 5.41) is 4.85. The number of pyridine rings is 1. The van der Waals surface area contributed by atoms with Crippen LogP contribution < -0.4 is 16.2 Å². The molecule has 1 saturated heterocycles. The molecule has 2 aromatic rings. The highest BCUT2D eigenvalue weighted by Crippen LogP contribution is 2.28. The number of nitrogens with zero attached hydrogens (tertiary/aromatic N) is 2. The van der Waals surface area contributed by atoms with Crippen LogP contribution in [0.15, 0.2) is 47.4 Å². The van der Waals surface area contributed by atoms with Gasteiger partial charge in [-0.05, 0) is 18.6 Å². The molecule has 0 bridgehead atoms. The van der Waals surface area contributed by atoms with Crippen LogP contribution in [0.4, 0.5) is 10.5 Å². The van der Waals surface area contributed by atoms with Gasteiger partial charge in [-0.25, -0.2) is 9.64 Å². The smallest absolute Gasteiger partial charge is 0.318 e. The molecular weight excluding hydrogens is 308 g/mol. The number of rotatable bonds is 3. The summed E-state index contributed by atoms with van der Waals surface area (Å²) in [7, 11) is 0. The Morgan fingerprint density at radius 1 is 1.17 bits per heavy atom. The summed E-state index contributed by atoms with van der Waals surface area (Å²) in [6.07, 6.45) is 1.57. The van der Waals surface area contributed by atoms with E-state index in [0.29, 0.717) is 16.8 Å². The van der Waals surface area contributed by atoms with Crippen LogP contribution in [0.2, 0.25) is 0 Å². The minimum absolute atomic E-state index is 0.0392. The van der Waals surface area contributed by atoms with Gasteiger partial charge in [0.2, 0.25) is 0 Å². The second kappa shape index (κ2) is 5.66. The molecule has 1 unspecified atom stereocenters. The predicted molar refractivity (Wildman–Crippen MR) is 86.5 cm³/mol. The average molecular weight is 322 g/mol. The van der Waals surface area contributed by atoms with Crippen LogP contribution in [0, 0.1) is 13.5 Å². The molecule has 0 spiro atoms. The number of amides is 3. The number of hydrogen-bond donors (Lipinski definition) is 2. The second-order valence-electron chi connectivity index (χ2n) is 5.60. The Labute approximate surface area is 137 Å². The molecule has 1 fully saturated rings. The summed E-state index contributed by atoms with van der Waals surface area (Å²) < 4.78 is 1.39. The van der Waals surface area contributed by atoms with Crippen LogP contribution in [0.5, 0.6) is 0 Å². The van der Waals surface area contributed by atoms with Gasteiger partial charge in [0.15, 0.2) is 11.2 Å². The predicted octanol–water partition coefficient (Wildman–Crippen LogP) is 1.44. The largest absolute Gasteiger partial charge is 0.322 e. The summed E-state index contributed by atoms with van der Waals surface area (Å²) >= 11 is 0. The van der Waals surface area contributed by atoms with E-state index in [1.54, 1.807) is 49.5 Å². The number of benzene rings is 1. The quantitative estimate of drug-likeness (QED) is 0.662. The molecule has 1 aromatic carbocycles. The van der Waals surface area contributed by atoms with Crippen molar-refractivity contribution >= 4 is 17.6 Å². The van der Waals surface area contributed by atoms with Gasteiger partial charge in [0, 0.05) is 11.8 Å². The van der Waals surface area contributed by atoms with Crippen LogP contribution in [0.3, 0.4) is 0 Å². The van der Waals surface area contributed by atoms with Gasteiger partial charge in [-0.15, -0.1) is 0 Å². The first kappa shape index (κ1) is 15.5. The third kappa shape index (κ3) is 2.44. The van der Waals surface area contributed by atoms with Gasteiger partial charge in [-0.3, -0.25) is 14.9 Å². The highest BCUT2D eigenvalue weighted by atomic mass is 16.2. The van der Waals surface area contributed by atoms with Crippen molar-refractivity contribution in [1.29, 1.82) is 0 Å². The third-order valence-electron chi connectivity index (χ3n) is 4.05. The molecule has 2 N–H and O–H groups in total. The van der Waals surface area contributed by atoms with E-state index in [0.717, 1.165) is 0 Å². The molecule has 3 amide bonds. The van der Waals surface area contributed by atoms with Gasteiger partial charge in [-0.1, -0.05) is 30.3 Å². The molecule has 120 valence electrons. The van der Waals surface area contributed by atoms with Gasteiger partial charge < -0.3 is 9.88 Å². The molecule has 1 aliphatic rings. The average Bonchev–Trinajstić information content (AvgIpc) is 2.86. The first-order chi connectivity index (χ1) is 11.5. The van der Waals surface area contributed by atoms with Crippen LogP contribution >= 0.6 is 0 Å². The van der Waals surface area contributed by atoms with E-state index in [2.05, 4.69) is 15.5 Å². The lowest BCUT2D eigenvalue weighted by Gasteiger charge is -2.27. The maximum Gasteiger partial charge on any atom is 0.322 e. The molecule has 24 heavy (non-hydrogen) atoms. The Bertz CT molecular complexity index is 924. The van der Waals surface area contributed by atoms with Crippen molar-refractivity contribution < 1.29 is 9.59 Å². The number of carbonyl (C=O) groups is 2. The highest BCUT2D eigenvalue weighted by Gasteiger charge is 2.48. The molecule has 0 saturated carbocycles. The van der Waals surface area contributed by atoms with E-state index >= 15 is 0 Å². The zero-order valence-electron chi connectivity index (χ0n) is 12.9. The fraction of sp³-hybridized carbons (Fsp3) is 0.176. The van der Waals surface area contributed by atoms with Crippen LogP contribution in [0.25, 0.3) is 4.85 Å². The molecule has 0 aliphatic carbocycles. The van der Waals surface area contributed by atoms with E-state index in [9.17, 15) is 14.4 Å². The van der Waals surface area contributed by atoms with Gasteiger partial charge >= 0.3 is 6.03 Å². The number of urea groups is 1. The van der Waals surface area contributed by atoms with Crippen molar-refractivity contribution in [3.63, 3.8) is 0 Å². The normalized spacial score (nSPS) is 19.5. The summed E-state index contributed by atoms with van der Waals surface area (Å²) in [5.74, 6) is -0.531. The van der Waals surface area contributed by atoms with E-state index in [1.165, 1.54) is 4.57 Å². The van der Waals surface area contributed by atoms with Crippen molar-refractivity contribution in [3.8, 4) is 0 Å². The van der Waals surface area contributed by atoms with E-state index in [1.807, 2.05) is 0 Å². The van der Waals surface area contributed by atoms with E-state index in [-0.39, 0.29) is 12.1 Å². The summed E-state index contributed by atoms with van der Waals surface area (Å²) in [4.78, 5) is 39.8. The van der Waals surface area contributed by atoms with Crippen molar-refractivity contribution in [2.75, 3.05) is 0 Å². The maximum absolute atomic E-state index is 12.5. The fourth-order valence-electron chi connectivity index (χ4n) is 2.75. The monoisotopic (exact) mass is 322 g/mol. The van der Waals surface area contributed by atoms with Crippen molar-refractivity contribution in [2.45, 2.75) is 19.0 Å². The maximum atomic E-state index is 12.5. The molecule has 7 nitrogen and oxygen atoms in total. The Morgan fingerprint density at radius 3 is 2.46 bits per heavy atom. The molecule has 2 heterocycles. The summed E-state index contributed by atoms with van der Waals surface area (Å²) in [5.41, 5.74) is -0.155. The number of carbonyl (C=O) groups excluding carboxylic acids is 2. The Morgan fingerprint density at radius 2 is 1.88 bits per heavy atom. The van der Waals surface area contributed by atoms with Gasteiger partial charge in [0.05, 0.1) is 13.1 Å². The van der Waals surface area contributed by atoms with Gasteiger partial charge in [-0.2, -0.15) is 0 Å². The Balaban J connectivity index is 2.11. The summed E-state index contributed by atoms with van der Waals surface area (Å²) in [6.45, 7) is 8.65. The minimum atomic E-state index is -1.39. The summed E-state index contributed by atoms with van der Waals surface area (Å²) in [6, 6.07) is 9.14. The lowest BCUT2D eigenvalue weighted by Crippen LogP contribution is -2.49. The second-order valence-corrected chi connectivity index (χ2v) is 5.60. The molecule has 1 aliphatic heterocycles. The number of imide groups is 1. The van der Waals surface area contributed by atoms with Gasteiger partial charge in [0.25, 0.3) is 11.5 Å². The molecular formula is C17H14N4O3. The number of aromatic nitrogens is 1.